The van der Waals surface area contributed by atoms with Crippen LogP contribution < -0.4 is 34.9 Å². The summed E-state index contributed by atoms with van der Waals surface area (Å²) in [6.45, 7) is 1.95. The first kappa shape index (κ1) is 20.3. The number of fused-ring (bicyclic) bond motifs is 2. The first-order valence-corrected chi connectivity index (χ1v) is 8.34. The first-order valence-electron chi connectivity index (χ1n) is 7.34. The Hall–Kier alpha value is -2.06. The fourth-order valence-electron chi connectivity index (χ4n) is 2.96. The zero-order valence-corrected chi connectivity index (χ0v) is 16.9. The van der Waals surface area contributed by atoms with Crippen molar-refractivity contribution in [2.45, 2.75) is 13.3 Å². The van der Waals surface area contributed by atoms with Gasteiger partial charge in [-0.2, -0.15) is 24.3 Å². The summed E-state index contributed by atoms with van der Waals surface area (Å²) in [7, 11) is -3.11. The van der Waals surface area contributed by atoms with Gasteiger partial charge in [0.05, 0.1) is 5.70 Å². The van der Waals surface area contributed by atoms with Crippen LogP contribution in [0, 0.1) is 13.0 Å². The fraction of sp³-hybridized carbons (Fsp3) is 0.111. The summed E-state index contributed by atoms with van der Waals surface area (Å²) in [5, 5.41) is 3.12. The fourth-order valence-corrected chi connectivity index (χ4v) is 2.96. The van der Waals surface area contributed by atoms with E-state index < -0.39 is 10.6 Å². The summed E-state index contributed by atoms with van der Waals surface area (Å²) in [5.74, 6) is -0.156. The van der Waals surface area contributed by atoms with Crippen LogP contribution in [0.1, 0.15) is 31.8 Å². The third-order valence-electron chi connectivity index (χ3n) is 4.05. The van der Waals surface area contributed by atoms with E-state index in [0.717, 1.165) is 16.8 Å². The van der Waals surface area contributed by atoms with Crippen LogP contribution in [0.25, 0.3) is 0 Å². The maximum Gasteiger partial charge on any atom is 1.00 e. The van der Waals surface area contributed by atoms with Crippen LogP contribution in [0.4, 0.5) is 5.69 Å². The molecule has 0 spiro atoms. The van der Waals surface area contributed by atoms with E-state index in [1.165, 1.54) is 0 Å². The van der Waals surface area contributed by atoms with Crippen molar-refractivity contribution in [1.29, 1.82) is 0 Å². The zero-order valence-electron chi connectivity index (χ0n) is 14.1. The summed E-state index contributed by atoms with van der Waals surface area (Å²) in [6, 6.07) is 14.0. The normalized spacial score (nSPS) is 16.7. The zero-order chi connectivity index (χ0) is 18.1. The molecule has 6 nitrogen and oxygen atoms in total. The van der Waals surface area contributed by atoms with Gasteiger partial charge in [0.25, 0.3) is 0 Å². The Balaban J connectivity index is 0.000000444. The van der Waals surface area contributed by atoms with Crippen molar-refractivity contribution in [3.63, 3.8) is 0 Å². The molecule has 0 saturated heterocycles. The van der Waals surface area contributed by atoms with Crippen molar-refractivity contribution in [2.24, 2.45) is 0 Å². The molecule has 2 aliphatic rings. The number of anilines is 1. The predicted octanol–water partition coefficient (Wildman–Crippen LogP) is -0.904. The van der Waals surface area contributed by atoms with Gasteiger partial charge in [0.15, 0.2) is 0 Å². The topological polar surface area (TPSA) is 97.4 Å². The van der Waals surface area contributed by atoms with E-state index in [9.17, 15) is 9.59 Å². The molecule has 0 bridgehead atoms. The van der Waals surface area contributed by atoms with Gasteiger partial charge in [-0.05, 0) is 25.5 Å². The maximum absolute atomic E-state index is 12.6. The monoisotopic (exact) mass is 377 g/mol. The van der Waals surface area contributed by atoms with E-state index in [-0.39, 0.29) is 41.1 Å². The molecule has 8 heteroatoms. The van der Waals surface area contributed by atoms with Crippen molar-refractivity contribution in [2.75, 3.05) is 5.32 Å². The number of carbonyl (C=O) groups is 2. The molecule has 0 aromatic heterocycles. The summed E-state index contributed by atoms with van der Waals surface area (Å²) in [4.78, 5) is 25.0. The van der Waals surface area contributed by atoms with Crippen LogP contribution in [-0.4, -0.2) is 24.2 Å². The summed E-state index contributed by atoms with van der Waals surface area (Å²) in [6.07, 6.45) is 0.504. The Bertz CT molecular complexity index is 1050. The van der Waals surface area contributed by atoms with Gasteiger partial charge < -0.3 is 10.1 Å². The van der Waals surface area contributed by atoms with E-state index in [4.69, 9.17) is 12.6 Å². The van der Waals surface area contributed by atoms with Gasteiger partial charge in [-0.15, -0.1) is 18.2 Å². The van der Waals surface area contributed by atoms with Crippen molar-refractivity contribution >= 4 is 27.9 Å². The van der Waals surface area contributed by atoms with Crippen LogP contribution in [0.3, 0.4) is 0 Å². The molecule has 1 heterocycles. The van der Waals surface area contributed by atoms with Crippen LogP contribution in [0.2, 0.25) is 0 Å². The van der Waals surface area contributed by atoms with Gasteiger partial charge in [0, 0.05) is 16.8 Å². The largest absolute Gasteiger partial charge is 1.00 e. The Labute approximate surface area is 173 Å². The summed E-state index contributed by atoms with van der Waals surface area (Å²) in [5.41, 5.74) is 5.06. The van der Waals surface area contributed by atoms with Crippen molar-refractivity contribution in [1.82, 2.24) is 0 Å². The molecule has 0 fully saturated rings. The van der Waals surface area contributed by atoms with Crippen molar-refractivity contribution in [3.05, 3.63) is 76.0 Å². The van der Waals surface area contributed by atoms with E-state index in [0.29, 0.717) is 28.8 Å². The molecule has 1 aliphatic heterocycles. The van der Waals surface area contributed by atoms with Crippen LogP contribution in [-0.2, 0) is 17.0 Å². The number of benzene rings is 2. The van der Waals surface area contributed by atoms with Crippen molar-refractivity contribution < 1.29 is 51.8 Å². The number of nitrogens with one attached hydrogen (secondary N) is 1. The number of aryl methyl sites for hydroxylation is 1. The van der Waals surface area contributed by atoms with Gasteiger partial charge in [-0.3, -0.25) is 4.79 Å². The standard InChI is InChI=1S/C18H12NO2.Na.O3S/c1-10-6-7-15-13(8-10)18(21)16(19-15)14-9-11-4-2-3-5-12(11)17(14)20;;1-4(2)3/h2,4-8,19H,9H2,1H3;;/q-1;+1;/b16-14-;;. The summed E-state index contributed by atoms with van der Waals surface area (Å²) < 4.78 is 25.3. The minimum absolute atomic E-state index is 0. The number of rotatable bonds is 0. The number of Topliss-reactive ketones (excluding diaryl/α,β-unsaturated/α-hetero) is 2. The average Bonchev–Trinajstić information content (AvgIpc) is 3.05. The summed E-state index contributed by atoms with van der Waals surface area (Å²) >= 11 is 0. The van der Waals surface area contributed by atoms with E-state index in [2.05, 4.69) is 11.4 Å². The van der Waals surface area contributed by atoms with Gasteiger partial charge in [-0.25, -0.2) is 0 Å². The molecule has 0 atom stereocenters. The minimum Gasteiger partial charge on any atom is -0.351 e. The molecular formula is C18H12NNaO5S. The second-order valence-corrected chi connectivity index (χ2v) is 6.06. The SMILES string of the molecule is Cc1ccc2c(c1)C(=O)/C(=C1\Cc3cc[c-]cc3C1=O)N2.O=S(=O)=O.[Na+]. The van der Waals surface area contributed by atoms with Gasteiger partial charge in [-0.1, -0.05) is 17.2 Å². The second-order valence-electron chi connectivity index (χ2n) is 5.65. The van der Waals surface area contributed by atoms with Crippen LogP contribution in [0.15, 0.2) is 47.7 Å². The minimum atomic E-state index is -3.11. The average molecular weight is 377 g/mol. The molecule has 26 heavy (non-hydrogen) atoms. The maximum atomic E-state index is 12.6. The number of carbonyl (C=O) groups excluding carboxylic acids is 2. The third kappa shape index (κ3) is 3.86. The number of hydrogen-bond acceptors (Lipinski definition) is 6. The smallest absolute Gasteiger partial charge is 0.351 e. The molecule has 0 unspecified atom stereocenters. The molecule has 0 saturated carbocycles. The van der Waals surface area contributed by atoms with Crippen molar-refractivity contribution in [3.8, 4) is 0 Å². The van der Waals surface area contributed by atoms with Gasteiger partial charge in [0.2, 0.25) is 5.78 Å². The van der Waals surface area contributed by atoms with Gasteiger partial charge in [0.1, 0.15) is 5.78 Å². The van der Waals surface area contributed by atoms with E-state index in [1.54, 1.807) is 12.1 Å². The number of ketones is 2. The Morgan fingerprint density at radius 2 is 1.73 bits per heavy atom. The van der Waals surface area contributed by atoms with E-state index >= 15 is 0 Å². The van der Waals surface area contributed by atoms with Gasteiger partial charge >= 0.3 is 40.2 Å². The number of allylic oxidation sites excluding steroid dienone is 2. The first-order chi connectivity index (χ1) is 11.9. The van der Waals surface area contributed by atoms with Crippen LogP contribution in [0.5, 0.6) is 0 Å². The third-order valence-corrected chi connectivity index (χ3v) is 4.05. The second kappa shape index (κ2) is 8.09. The van der Waals surface area contributed by atoms with Crippen LogP contribution >= 0.6 is 0 Å². The molecule has 2 aromatic rings. The molecule has 126 valence electrons. The van der Waals surface area contributed by atoms with E-state index in [1.807, 2.05) is 31.2 Å². The molecule has 1 aliphatic carbocycles. The molecule has 0 amide bonds. The molecule has 0 radical (unpaired) electrons. The Morgan fingerprint density at radius 1 is 1.04 bits per heavy atom. The quantitative estimate of drug-likeness (QED) is 0.363. The Kier molecular flexibility index (Phi) is 6.30. The Morgan fingerprint density at radius 3 is 2.38 bits per heavy atom. The predicted molar refractivity (Wildman–Crippen MR) is 89.2 cm³/mol. The molecule has 2 aromatic carbocycles. The molecular weight excluding hydrogens is 365 g/mol. The number of hydrogen-bond donors (Lipinski definition) is 1. The molecule has 1 N–H and O–H groups in total. The molecule has 4 rings (SSSR count).